The Labute approximate surface area is 173 Å². The van der Waals surface area contributed by atoms with Crippen molar-refractivity contribution >= 4 is 21.6 Å². The highest BCUT2D eigenvalue weighted by Gasteiger charge is 2.33. The second kappa shape index (κ2) is 9.87. The van der Waals surface area contributed by atoms with E-state index < -0.39 is 27.8 Å². The molecule has 2 aromatic carbocycles. The summed E-state index contributed by atoms with van der Waals surface area (Å²) in [5, 5.41) is 2.85. The van der Waals surface area contributed by atoms with Crippen molar-refractivity contribution in [3.63, 3.8) is 0 Å². The van der Waals surface area contributed by atoms with Crippen LogP contribution in [0.4, 0.5) is 10.1 Å². The highest BCUT2D eigenvalue weighted by Crippen LogP contribution is 2.25. The number of rotatable bonds is 9. The van der Waals surface area contributed by atoms with E-state index in [1.165, 1.54) is 23.8 Å². The number of aryl methyl sites for hydroxylation is 2. The van der Waals surface area contributed by atoms with Crippen LogP contribution >= 0.6 is 0 Å². The second-order valence-corrected chi connectivity index (χ2v) is 8.82. The minimum absolute atomic E-state index is 0.126. The molecule has 7 heteroatoms. The quantitative estimate of drug-likeness (QED) is 0.671. The van der Waals surface area contributed by atoms with Gasteiger partial charge in [-0.05, 0) is 48.1 Å². The van der Waals surface area contributed by atoms with Gasteiger partial charge in [0, 0.05) is 6.54 Å². The van der Waals surface area contributed by atoms with E-state index in [0.717, 1.165) is 34.5 Å². The van der Waals surface area contributed by atoms with Gasteiger partial charge in [-0.15, -0.1) is 0 Å². The van der Waals surface area contributed by atoms with Gasteiger partial charge < -0.3 is 5.32 Å². The fourth-order valence-corrected chi connectivity index (χ4v) is 4.59. The normalized spacial score (nSPS) is 12.4. The van der Waals surface area contributed by atoms with Crippen LogP contribution in [0.2, 0.25) is 0 Å². The second-order valence-electron chi connectivity index (χ2n) is 6.96. The monoisotopic (exact) mass is 420 g/mol. The third-order valence-corrected chi connectivity index (χ3v) is 6.10. The number of nitrogens with zero attached hydrogens (tertiary/aromatic N) is 1. The fourth-order valence-electron chi connectivity index (χ4n) is 3.37. The molecule has 0 aliphatic rings. The van der Waals surface area contributed by atoms with Crippen molar-refractivity contribution in [1.82, 2.24) is 5.32 Å². The summed E-state index contributed by atoms with van der Waals surface area (Å²) in [7, 11) is -3.87. The lowest BCUT2D eigenvalue weighted by molar-refractivity contribution is -0.122. The van der Waals surface area contributed by atoms with Gasteiger partial charge in [-0.25, -0.2) is 12.8 Å². The Bertz CT molecular complexity index is 960. The van der Waals surface area contributed by atoms with Crippen molar-refractivity contribution in [2.45, 2.75) is 52.6 Å². The summed E-state index contributed by atoms with van der Waals surface area (Å²) in [6, 6.07) is 10.7. The van der Waals surface area contributed by atoms with Gasteiger partial charge in [0.2, 0.25) is 15.9 Å². The van der Waals surface area contributed by atoms with E-state index in [4.69, 9.17) is 0 Å². The standard InChI is InChI=1S/C22H29FN2O3S/c1-5-16-12-13-17(6-2)18(14-16)15-24-22(26)20(7-3)25(29(4,27)28)21-11-9-8-10-19(21)23/h8-14,20H,5-7,15H2,1-4H3,(H,24,26)/t20-/m1/s1. The number of anilines is 1. The Kier molecular flexibility index (Phi) is 7.79. The number of hydrogen-bond donors (Lipinski definition) is 1. The maximum atomic E-state index is 14.3. The topological polar surface area (TPSA) is 66.5 Å². The van der Waals surface area contributed by atoms with Gasteiger partial charge in [-0.3, -0.25) is 9.10 Å². The van der Waals surface area contributed by atoms with Crippen LogP contribution in [0.1, 0.15) is 43.9 Å². The molecular formula is C22H29FN2O3S. The summed E-state index contributed by atoms with van der Waals surface area (Å²) >= 11 is 0. The smallest absolute Gasteiger partial charge is 0.244 e. The number of nitrogens with one attached hydrogen (secondary N) is 1. The molecule has 0 fully saturated rings. The summed E-state index contributed by atoms with van der Waals surface area (Å²) in [5.74, 6) is -1.14. The Morgan fingerprint density at radius 1 is 1.07 bits per heavy atom. The van der Waals surface area contributed by atoms with Crippen molar-refractivity contribution in [1.29, 1.82) is 0 Å². The summed E-state index contributed by atoms with van der Waals surface area (Å²) < 4.78 is 40.1. The summed E-state index contributed by atoms with van der Waals surface area (Å²) in [6.45, 7) is 6.11. The number of halogens is 1. The minimum Gasteiger partial charge on any atom is -0.350 e. The average Bonchev–Trinajstić information content (AvgIpc) is 2.69. The molecule has 2 aromatic rings. The lowest BCUT2D eigenvalue weighted by atomic mass is 10.0. The van der Waals surface area contributed by atoms with Crippen LogP contribution in [-0.2, 0) is 34.2 Å². The lowest BCUT2D eigenvalue weighted by Crippen LogP contribution is -2.49. The molecule has 0 aliphatic heterocycles. The molecule has 0 aliphatic carbocycles. The highest BCUT2D eigenvalue weighted by molar-refractivity contribution is 7.92. The number of carbonyl (C=O) groups excluding carboxylic acids is 1. The molecule has 1 N–H and O–H groups in total. The first-order valence-electron chi connectivity index (χ1n) is 9.85. The minimum atomic E-state index is -3.87. The van der Waals surface area contributed by atoms with E-state index in [0.29, 0.717) is 6.54 Å². The average molecular weight is 421 g/mol. The molecular weight excluding hydrogens is 391 g/mol. The van der Waals surface area contributed by atoms with Crippen LogP contribution in [0.5, 0.6) is 0 Å². The predicted molar refractivity (Wildman–Crippen MR) is 115 cm³/mol. The molecule has 158 valence electrons. The molecule has 1 atom stereocenters. The van der Waals surface area contributed by atoms with E-state index >= 15 is 0 Å². The molecule has 2 rings (SSSR count). The van der Waals surface area contributed by atoms with Gasteiger partial charge in [-0.1, -0.05) is 51.1 Å². The molecule has 0 radical (unpaired) electrons. The molecule has 0 heterocycles. The SMILES string of the molecule is CCc1ccc(CC)c(CNC(=O)[C@@H](CC)N(c2ccccc2F)S(C)(=O)=O)c1. The van der Waals surface area contributed by atoms with Crippen LogP contribution in [0, 0.1) is 5.82 Å². The number of para-hydroxylation sites is 1. The lowest BCUT2D eigenvalue weighted by Gasteiger charge is -2.30. The first-order valence-corrected chi connectivity index (χ1v) is 11.7. The van der Waals surface area contributed by atoms with Crippen LogP contribution < -0.4 is 9.62 Å². The van der Waals surface area contributed by atoms with Crippen molar-refractivity contribution in [2.24, 2.45) is 0 Å². The van der Waals surface area contributed by atoms with Crippen LogP contribution in [0.25, 0.3) is 0 Å². The van der Waals surface area contributed by atoms with E-state index in [2.05, 4.69) is 30.4 Å². The molecule has 0 saturated carbocycles. The Morgan fingerprint density at radius 3 is 2.31 bits per heavy atom. The van der Waals surface area contributed by atoms with Gasteiger partial charge in [0.05, 0.1) is 11.9 Å². The number of amides is 1. The molecule has 1 amide bonds. The number of carbonyl (C=O) groups is 1. The maximum Gasteiger partial charge on any atom is 0.244 e. The molecule has 29 heavy (non-hydrogen) atoms. The fraction of sp³-hybridized carbons (Fsp3) is 0.409. The first kappa shape index (κ1) is 22.9. The Morgan fingerprint density at radius 2 is 1.76 bits per heavy atom. The van der Waals surface area contributed by atoms with Crippen molar-refractivity contribution in [3.8, 4) is 0 Å². The molecule has 0 unspecified atom stereocenters. The van der Waals surface area contributed by atoms with Gasteiger partial charge in [0.25, 0.3) is 0 Å². The number of sulfonamides is 1. The largest absolute Gasteiger partial charge is 0.350 e. The zero-order valence-electron chi connectivity index (χ0n) is 17.4. The van der Waals surface area contributed by atoms with Gasteiger partial charge in [0.15, 0.2) is 0 Å². The zero-order chi connectivity index (χ0) is 21.6. The Balaban J connectivity index is 2.30. The van der Waals surface area contributed by atoms with Crippen LogP contribution in [0.15, 0.2) is 42.5 Å². The number of benzene rings is 2. The van der Waals surface area contributed by atoms with Gasteiger partial charge in [0.1, 0.15) is 11.9 Å². The number of hydrogen-bond acceptors (Lipinski definition) is 3. The molecule has 0 saturated heterocycles. The summed E-state index contributed by atoms with van der Waals surface area (Å²) in [6.07, 6.45) is 2.91. The van der Waals surface area contributed by atoms with Crippen LogP contribution in [-0.4, -0.2) is 26.6 Å². The van der Waals surface area contributed by atoms with Gasteiger partial charge >= 0.3 is 0 Å². The van der Waals surface area contributed by atoms with Crippen LogP contribution in [0.3, 0.4) is 0 Å². The van der Waals surface area contributed by atoms with E-state index in [1.54, 1.807) is 13.0 Å². The Hall–Kier alpha value is -2.41. The van der Waals surface area contributed by atoms with Gasteiger partial charge in [-0.2, -0.15) is 0 Å². The summed E-state index contributed by atoms with van der Waals surface area (Å²) in [4.78, 5) is 12.9. The van der Waals surface area contributed by atoms with E-state index in [-0.39, 0.29) is 12.1 Å². The van der Waals surface area contributed by atoms with E-state index in [9.17, 15) is 17.6 Å². The van der Waals surface area contributed by atoms with E-state index in [1.807, 2.05) is 6.92 Å². The molecule has 0 bridgehead atoms. The highest BCUT2D eigenvalue weighted by atomic mass is 32.2. The van der Waals surface area contributed by atoms with Crippen molar-refractivity contribution in [2.75, 3.05) is 10.6 Å². The molecule has 0 aromatic heterocycles. The molecule has 5 nitrogen and oxygen atoms in total. The third kappa shape index (κ3) is 5.56. The first-order chi connectivity index (χ1) is 13.7. The third-order valence-electron chi connectivity index (χ3n) is 4.93. The maximum absolute atomic E-state index is 14.3. The van der Waals surface area contributed by atoms with Crippen molar-refractivity contribution < 1.29 is 17.6 Å². The zero-order valence-corrected chi connectivity index (χ0v) is 18.2. The predicted octanol–water partition coefficient (Wildman–Crippen LogP) is 3.81. The van der Waals surface area contributed by atoms with Crippen molar-refractivity contribution in [3.05, 3.63) is 65.0 Å². The summed E-state index contributed by atoms with van der Waals surface area (Å²) in [5.41, 5.74) is 3.18. The molecule has 0 spiro atoms.